The number of rotatable bonds is 5. The lowest BCUT2D eigenvalue weighted by Crippen LogP contribution is -2.19. The van der Waals surface area contributed by atoms with Crippen molar-refractivity contribution in [3.8, 4) is 5.75 Å². The standard InChI is InChI=1S/C13H18FNO3/c1-8(2)18-13(16)7-17-12-6-10(14)4-5-11(12)9(3)15/h4-6,8-9H,7,15H2,1-3H3/t9-/m1/s1. The molecule has 1 rings (SSSR count). The Labute approximate surface area is 106 Å². The Morgan fingerprint density at radius 1 is 1.39 bits per heavy atom. The molecule has 0 saturated carbocycles. The van der Waals surface area contributed by atoms with Crippen LogP contribution in [0.2, 0.25) is 0 Å². The van der Waals surface area contributed by atoms with E-state index in [1.165, 1.54) is 12.1 Å². The van der Waals surface area contributed by atoms with Crippen molar-refractivity contribution in [2.24, 2.45) is 5.73 Å². The third-order valence-electron chi connectivity index (χ3n) is 2.18. The molecule has 0 aliphatic rings. The molecule has 5 heteroatoms. The van der Waals surface area contributed by atoms with Crippen molar-refractivity contribution in [3.05, 3.63) is 29.6 Å². The van der Waals surface area contributed by atoms with Gasteiger partial charge in [-0.3, -0.25) is 0 Å². The van der Waals surface area contributed by atoms with Crippen LogP contribution in [0.3, 0.4) is 0 Å². The third-order valence-corrected chi connectivity index (χ3v) is 2.18. The minimum atomic E-state index is -0.495. The summed E-state index contributed by atoms with van der Waals surface area (Å²) in [6, 6.07) is 3.75. The normalized spacial score (nSPS) is 12.3. The lowest BCUT2D eigenvalue weighted by Gasteiger charge is -2.14. The molecule has 0 aromatic heterocycles. The SMILES string of the molecule is CC(C)OC(=O)COc1cc(F)ccc1[C@@H](C)N. The van der Waals surface area contributed by atoms with E-state index in [1.807, 2.05) is 0 Å². The molecule has 0 aliphatic heterocycles. The molecule has 0 bridgehead atoms. The fourth-order valence-corrected chi connectivity index (χ4v) is 1.44. The Morgan fingerprint density at radius 3 is 2.61 bits per heavy atom. The van der Waals surface area contributed by atoms with Crippen LogP contribution in [0.1, 0.15) is 32.4 Å². The van der Waals surface area contributed by atoms with Crippen LogP contribution in [-0.2, 0) is 9.53 Å². The fourth-order valence-electron chi connectivity index (χ4n) is 1.44. The van der Waals surface area contributed by atoms with Crippen LogP contribution in [0.5, 0.6) is 5.75 Å². The Hall–Kier alpha value is -1.62. The number of halogens is 1. The van der Waals surface area contributed by atoms with Crippen LogP contribution in [0, 0.1) is 5.82 Å². The highest BCUT2D eigenvalue weighted by atomic mass is 19.1. The summed E-state index contributed by atoms with van der Waals surface area (Å²) in [7, 11) is 0. The molecule has 0 aliphatic carbocycles. The fraction of sp³-hybridized carbons (Fsp3) is 0.462. The van der Waals surface area contributed by atoms with Crippen molar-refractivity contribution in [3.63, 3.8) is 0 Å². The minimum absolute atomic E-state index is 0.207. The second kappa shape index (κ2) is 6.35. The first kappa shape index (κ1) is 14.4. The smallest absolute Gasteiger partial charge is 0.344 e. The highest BCUT2D eigenvalue weighted by Crippen LogP contribution is 2.24. The number of ether oxygens (including phenoxy) is 2. The quantitative estimate of drug-likeness (QED) is 0.819. The van der Waals surface area contributed by atoms with Gasteiger partial charge in [0.1, 0.15) is 11.6 Å². The van der Waals surface area contributed by atoms with E-state index in [-0.39, 0.29) is 24.5 Å². The number of carbonyl (C=O) groups excluding carboxylic acids is 1. The molecule has 18 heavy (non-hydrogen) atoms. The first-order valence-corrected chi connectivity index (χ1v) is 5.77. The molecule has 0 spiro atoms. The highest BCUT2D eigenvalue weighted by molar-refractivity contribution is 5.71. The average Bonchev–Trinajstić information content (AvgIpc) is 2.25. The lowest BCUT2D eigenvalue weighted by molar-refractivity contribution is -0.149. The zero-order valence-corrected chi connectivity index (χ0v) is 10.8. The van der Waals surface area contributed by atoms with Gasteiger partial charge in [0.2, 0.25) is 0 Å². The zero-order valence-electron chi connectivity index (χ0n) is 10.8. The van der Waals surface area contributed by atoms with Gasteiger partial charge in [0, 0.05) is 17.7 Å². The molecular formula is C13H18FNO3. The topological polar surface area (TPSA) is 61.5 Å². The second-order valence-electron chi connectivity index (χ2n) is 4.30. The molecule has 0 heterocycles. The third kappa shape index (κ3) is 4.33. The van der Waals surface area contributed by atoms with Crippen LogP contribution in [-0.4, -0.2) is 18.7 Å². The molecule has 0 radical (unpaired) electrons. The van der Waals surface area contributed by atoms with E-state index in [2.05, 4.69) is 0 Å². The van der Waals surface area contributed by atoms with E-state index >= 15 is 0 Å². The molecule has 4 nitrogen and oxygen atoms in total. The minimum Gasteiger partial charge on any atom is -0.481 e. The molecule has 0 saturated heterocycles. The van der Waals surface area contributed by atoms with Crippen LogP contribution < -0.4 is 10.5 Å². The van der Waals surface area contributed by atoms with Gasteiger partial charge in [-0.05, 0) is 26.8 Å². The molecule has 0 fully saturated rings. The number of nitrogens with two attached hydrogens (primary N) is 1. The van der Waals surface area contributed by atoms with E-state index in [9.17, 15) is 9.18 Å². The van der Waals surface area contributed by atoms with Gasteiger partial charge < -0.3 is 15.2 Å². The van der Waals surface area contributed by atoms with E-state index < -0.39 is 11.8 Å². The molecule has 1 aromatic carbocycles. The summed E-state index contributed by atoms with van der Waals surface area (Å²) in [5, 5.41) is 0. The maximum absolute atomic E-state index is 13.1. The molecule has 0 amide bonds. The van der Waals surface area contributed by atoms with Gasteiger partial charge >= 0.3 is 5.97 Å². The number of carbonyl (C=O) groups is 1. The van der Waals surface area contributed by atoms with Crippen LogP contribution in [0.25, 0.3) is 0 Å². The summed E-state index contributed by atoms with van der Waals surface area (Å²) < 4.78 is 23.3. The Morgan fingerprint density at radius 2 is 2.06 bits per heavy atom. The number of esters is 1. The molecule has 100 valence electrons. The van der Waals surface area contributed by atoms with Gasteiger partial charge in [-0.1, -0.05) is 6.07 Å². The van der Waals surface area contributed by atoms with Crippen molar-refractivity contribution in [2.45, 2.75) is 32.9 Å². The summed E-state index contributed by atoms with van der Waals surface area (Å²) in [6.45, 7) is 4.98. The predicted molar refractivity (Wildman–Crippen MR) is 65.7 cm³/mol. The summed E-state index contributed by atoms with van der Waals surface area (Å²) in [5.74, 6) is -0.665. The van der Waals surface area contributed by atoms with E-state index in [4.69, 9.17) is 15.2 Å². The lowest BCUT2D eigenvalue weighted by atomic mass is 10.1. The van der Waals surface area contributed by atoms with Crippen molar-refractivity contribution >= 4 is 5.97 Å². The second-order valence-corrected chi connectivity index (χ2v) is 4.30. The maximum atomic E-state index is 13.1. The van der Waals surface area contributed by atoms with Gasteiger partial charge in [-0.25, -0.2) is 9.18 Å². The Kier molecular flexibility index (Phi) is 5.09. The summed E-state index contributed by atoms with van der Waals surface area (Å²) in [4.78, 5) is 11.3. The number of hydrogen-bond donors (Lipinski definition) is 1. The molecule has 2 N–H and O–H groups in total. The summed E-state index contributed by atoms with van der Waals surface area (Å²) in [5.41, 5.74) is 6.38. The van der Waals surface area contributed by atoms with Crippen LogP contribution in [0.4, 0.5) is 4.39 Å². The largest absolute Gasteiger partial charge is 0.481 e. The maximum Gasteiger partial charge on any atom is 0.344 e. The van der Waals surface area contributed by atoms with Crippen LogP contribution >= 0.6 is 0 Å². The van der Waals surface area contributed by atoms with Gasteiger partial charge in [0.05, 0.1) is 6.10 Å². The van der Waals surface area contributed by atoms with Crippen molar-refractivity contribution in [1.82, 2.24) is 0 Å². The van der Waals surface area contributed by atoms with E-state index in [1.54, 1.807) is 26.8 Å². The van der Waals surface area contributed by atoms with Crippen molar-refractivity contribution < 1.29 is 18.7 Å². The number of benzene rings is 1. The zero-order chi connectivity index (χ0) is 13.7. The van der Waals surface area contributed by atoms with Crippen molar-refractivity contribution in [2.75, 3.05) is 6.61 Å². The van der Waals surface area contributed by atoms with Gasteiger partial charge in [-0.15, -0.1) is 0 Å². The summed E-state index contributed by atoms with van der Waals surface area (Å²) >= 11 is 0. The monoisotopic (exact) mass is 255 g/mol. The molecular weight excluding hydrogens is 237 g/mol. The van der Waals surface area contributed by atoms with E-state index in [0.29, 0.717) is 5.56 Å². The van der Waals surface area contributed by atoms with Gasteiger partial charge in [0.25, 0.3) is 0 Å². The predicted octanol–water partition coefficient (Wildman–Crippen LogP) is 2.18. The number of hydrogen-bond acceptors (Lipinski definition) is 4. The first-order chi connectivity index (χ1) is 8.40. The van der Waals surface area contributed by atoms with E-state index in [0.717, 1.165) is 0 Å². The Bertz CT molecular complexity index is 419. The van der Waals surface area contributed by atoms with Crippen LogP contribution in [0.15, 0.2) is 18.2 Å². The average molecular weight is 255 g/mol. The van der Waals surface area contributed by atoms with Crippen molar-refractivity contribution in [1.29, 1.82) is 0 Å². The summed E-state index contributed by atoms with van der Waals surface area (Å²) in [6.07, 6.45) is -0.207. The molecule has 1 atom stereocenters. The molecule has 1 aromatic rings. The Balaban J connectivity index is 2.71. The highest BCUT2D eigenvalue weighted by Gasteiger charge is 2.12. The first-order valence-electron chi connectivity index (χ1n) is 5.77. The molecule has 0 unspecified atom stereocenters. The van der Waals surface area contributed by atoms with Gasteiger partial charge in [-0.2, -0.15) is 0 Å². The van der Waals surface area contributed by atoms with Gasteiger partial charge in [0.15, 0.2) is 6.61 Å².